The number of rotatable bonds is 6. The van der Waals surface area contributed by atoms with E-state index in [9.17, 15) is 4.79 Å². The van der Waals surface area contributed by atoms with Gasteiger partial charge in [-0.1, -0.05) is 62.4 Å². The lowest BCUT2D eigenvalue weighted by atomic mass is 10.0. The van der Waals surface area contributed by atoms with E-state index < -0.39 is 0 Å². The highest BCUT2D eigenvalue weighted by Crippen LogP contribution is 2.30. The highest BCUT2D eigenvalue weighted by atomic mass is 32.1. The minimum atomic E-state index is -0.302. The monoisotopic (exact) mass is 461 g/mol. The van der Waals surface area contributed by atoms with Crippen LogP contribution in [0.4, 0.5) is 5.13 Å². The van der Waals surface area contributed by atoms with Crippen molar-refractivity contribution < 1.29 is 9.53 Å². The first kappa shape index (κ1) is 21.9. The van der Waals surface area contributed by atoms with E-state index in [0.29, 0.717) is 29.0 Å². The molecule has 0 fully saturated rings. The Balaban J connectivity index is 1.41. The fraction of sp³-hybridized carbons (Fsp3) is 0.160. The summed E-state index contributed by atoms with van der Waals surface area (Å²) >= 11 is 6.76. The van der Waals surface area contributed by atoms with Crippen molar-refractivity contribution in [1.29, 1.82) is 0 Å². The standard InChI is InChI=1S/C25H23N3O2S2/c1-16(2)14-30-19-10-5-9-18(13-19)23(29)27-24(31)28-25-26-22(15-32-25)21-12-6-8-17-7-3-4-11-20(17)21/h3-13,15-16H,14H2,1-2H3,(H2,26,27,28,29,31). The third-order valence-electron chi connectivity index (χ3n) is 4.70. The number of carbonyl (C=O) groups is 1. The largest absolute Gasteiger partial charge is 0.493 e. The highest BCUT2D eigenvalue weighted by molar-refractivity contribution is 7.80. The van der Waals surface area contributed by atoms with Crippen LogP contribution in [0.2, 0.25) is 0 Å². The summed E-state index contributed by atoms with van der Waals surface area (Å²) in [4.78, 5) is 17.3. The number of thiocarbonyl (C=S) groups is 1. The van der Waals surface area contributed by atoms with Crippen LogP contribution in [-0.2, 0) is 0 Å². The van der Waals surface area contributed by atoms with E-state index in [-0.39, 0.29) is 11.0 Å². The van der Waals surface area contributed by atoms with Crippen LogP contribution in [0.5, 0.6) is 5.75 Å². The van der Waals surface area contributed by atoms with Gasteiger partial charge >= 0.3 is 0 Å². The van der Waals surface area contributed by atoms with Gasteiger partial charge in [0.25, 0.3) is 5.91 Å². The van der Waals surface area contributed by atoms with Crippen LogP contribution < -0.4 is 15.4 Å². The molecule has 162 valence electrons. The summed E-state index contributed by atoms with van der Waals surface area (Å²) in [5.41, 5.74) is 2.39. The quantitative estimate of drug-likeness (QED) is 0.339. The van der Waals surface area contributed by atoms with E-state index in [1.807, 2.05) is 29.6 Å². The molecule has 0 unspecified atom stereocenters. The molecule has 2 N–H and O–H groups in total. The SMILES string of the molecule is CC(C)COc1cccc(C(=O)NC(=S)Nc2nc(-c3cccc4ccccc34)cs2)c1. The minimum absolute atomic E-state index is 0.197. The molecular formula is C25H23N3O2S2. The first-order chi connectivity index (χ1) is 15.5. The molecule has 7 heteroatoms. The molecule has 5 nitrogen and oxygen atoms in total. The van der Waals surface area contributed by atoms with Gasteiger partial charge in [0, 0.05) is 16.5 Å². The number of fused-ring (bicyclic) bond motifs is 1. The Bertz CT molecular complexity index is 1260. The Hall–Kier alpha value is -3.29. The number of hydrogen-bond donors (Lipinski definition) is 2. The molecule has 1 amide bonds. The van der Waals surface area contributed by atoms with Crippen molar-refractivity contribution in [2.24, 2.45) is 5.92 Å². The molecule has 0 bridgehead atoms. The summed E-state index contributed by atoms with van der Waals surface area (Å²) in [6.07, 6.45) is 0. The van der Waals surface area contributed by atoms with Crippen molar-refractivity contribution >= 4 is 50.5 Å². The third-order valence-corrected chi connectivity index (χ3v) is 5.66. The Morgan fingerprint density at radius 2 is 1.88 bits per heavy atom. The molecule has 0 aliphatic carbocycles. The van der Waals surface area contributed by atoms with E-state index in [1.165, 1.54) is 11.3 Å². The third kappa shape index (κ3) is 5.30. The molecule has 0 aliphatic rings. The van der Waals surface area contributed by atoms with Crippen LogP contribution in [0.15, 0.2) is 72.1 Å². The number of thiazole rings is 1. The van der Waals surface area contributed by atoms with Gasteiger partial charge < -0.3 is 10.1 Å². The fourth-order valence-electron chi connectivity index (χ4n) is 3.20. The smallest absolute Gasteiger partial charge is 0.257 e. The molecule has 0 aliphatic heterocycles. The Labute approximate surface area is 196 Å². The predicted octanol–water partition coefficient (Wildman–Crippen LogP) is 6.12. The van der Waals surface area contributed by atoms with E-state index in [4.69, 9.17) is 17.0 Å². The summed E-state index contributed by atoms with van der Waals surface area (Å²) < 4.78 is 5.70. The lowest BCUT2D eigenvalue weighted by Crippen LogP contribution is -2.34. The molecule has 0 atom stereocenters. The van der Waals surface area contributed by atoms with Gasteiger partial charge in [-0.25, -0.2) is 4.98 Å². The summed E-state index contributed by atoms with van der Waals surface area (Å²) in [6, 6.07) is 21.4. The molecule has 1 aromatic heterocycles. The lowest BCUT2D eigenvalue weighted by Gasteiger charge is -2.11. The van der Waals surface area contributed by atoms with Gasteiger partial charge in [0.2, 0.25) is 0 Å². The van der Waals surface area contributed by atoms with Crippen LogP contribution in [0.25, 0.3) is 22.0 Å². The van der Waals surface area contributed by atoms with Crippen molar-refractivity contribution in [3.05, 3.63) is 77.7 Å². The van der Waals surface area contributed by atoms with Gasteiger partial charge in [-0.3, -0.25) is 10.1 Å². The van der Waals surface area contributed by atoms with E-state index in [0.717, 1.165) is 22.0 Å². The molecule has 3 aromatic carbocycles. The van der Waals surface area contributed by atoms with Gasteiger partial charge in [0.1, 0.15) is 5.75 Å². The van der Waals surface area contributed by atoms with E-state index in [2.05, 4.69) is 53.7 Å². The second-order valence-corrected chi connectivity index (χ2v) is 8.97. The maximum atomic E-state index is 12.6. The van der Waals surface area contributed by atoms with Crippen molar-refractivity contribution in [3.8, 4) is 17.0 Å². The molecule has 4 aromatic rings. The highest BCUT2D eigenvalue weighted by Gasteiger charge is 2.12. The van der Waals surface area contributed by atoms with Crippen LogP contribution in [0, 0.1) is 5.92 Å². The van der Waals surface area contributed by atoms with Crippen LogP contribution in [0.1, 0.15) is 24.2 Å². The molecule has 32 heavy (non-hydrogen) atoms. The number of aromatic nitrogens is 1. The number of nitrogens with one attached hydrogen (secondary N) is 2. The summed E-state index contributed by atoms with van der Waals surface area (Å²) in [5, 5.41) is 10.8. The maximum absolute atomic E-state index is 12.6. The van der Waals surface area contributed by atoms with Crippen LogP contribution >= 0.6 is 23.6 Å². The van der Waals surface area contributed by atoms with Crippen molar-refractivity contribution in [1.82, 2.24) is 10.3 Å². The minimum Gasteiger partial charge on any atom is -0.493 e. The number of hydrogen-bond acceptors (Lipinski definition) is 5. The van der Waals surface area contributed by atoms with Crippen LogP contribution in [-0.4, -0.2) is 22.6 Å². The number of carbonyl (C=O) groups excluding carboxylic acids is 1. The topological polar surface area (TPSA) is 63.2 Å². The maximum Gasteiger partial charge on any atom is 0.257 e. The van der Waals surface area contributed by atoms with Gasteiger partial charge in [0.15, 0.2) is 10.2 Å². The Kier molecular flexibility index (Phi) is 6.78. The number of anilines is 1. The number of nitrogens with zero attached hydrogens (tertiary/aromatic N) is 1. The van der Waals surface area contributed by atoms with Crippen molar-refractivity contribution in [2.75, 3.05) is 11.9 Å². The predicted molar refractivity (Wildman–Crippen MR) is 136 cm³/mol. The molecule has 1 heterocycles. The average molecular weight is 462 g/mol. The van der Waals surface area contributed by atoms with Gasteiger partial charge in [-0.15, -0.1) is 11.3 Å². The number of amides is 1. The zero-order chi connectivity index (χ0) is 22.5. The molecule has 0 spiro atoms. The molecule has 0 saturated heterocycles. The summed E-state index contributed by atoms with van der Waals surface area (Å²) in [5.74, 6) is 0.759. The van der Waals surface area contributed by atoms with Crippen molar-refractivity contribution in [2.45, 2.75) is 13.8 Å². The first-order valence-electron chi connectivity index (χ1n) is 10.3. The molecule has 0 radical (unpaired) electrons. The lowest BCUT2D eigenvalue weighted by molar-refractivity contribution is 0.0977. The van der Waals surface area contributed by atoms with Crippen LogP contribution in [0.3, 0.4) is 0 Å². The normalized spacial score (nSPS) is 10.8. The number of benzene rings is 3. The number of ether oxygens (including phenoxy) is 1. The Morgan fingerprint density at radius 1 is 1.09 bits per heavy atom. The molecular weight excluding hydrogens is 438 g/mol. The zero-order valence-electron chi connectivity index (χ0n) is 17.8. The van der Waals surface area contributed by atoms with Gasteiger partial charge in [0.05, 0.1) is 12.3 Å². The van der Waals surface area contributed by atoms with Crippen molar-refractivity contribution in [3.63, 3.8) is 0 Å². The Morgan fingerprint density at radius 3 is 2.72 bits per heavy atom. The first-order valence-corrected chi connectivity index (χ1v) is 11.6. The zero-order valence-corrected chi connectivity index (χ0v) is 19.4. The fourth-order valence-corrected chi connectivity index (χ4v) is 4.17. The second kappa shape index (κ2) is 9.89. The average Bonchev–Trinajstić information content (AvgIpc) is 3.25. The van der Waals surface area contributed by atoms with Gasteiger partial charge in [-0.05, 0) is 47.1 Å². The molecule has 0 saturated carbocycles. The molecule has 4 rings (SSSR count). The van der Waals surface area contributed by atoms with Gasteiger partial charge in [-0.2, -0.15) is 0 Å². The summed E-state index contributed by atoms with van der Waals surface area (Å²) in [7, 11) is 0. The summed E-state index contributed by atoms with van der Waals surface area (Å²) in [6.45, 7) is 4.74. The van der Waals surface area contributed by atoms with E-state index >= 15 is 0 Å². The van der Waals surface area contributed by atoms with E-state index in [1.54, 1.807) is 18.2 Å². The second-order valence-electron chi connectivity index (χ2n) is 7.71.